The van der Waals surface area contributed by atoms with E-state index in [1.54, 1.807) is 6.07 Å². The lowest BCUT2D eigenvalue weighted by molar-refractivity contribution is -0.790. The highest BCUT2D eigenvalue weighted by Crippen LogP contribution is 2.60. The minimum Gasteiger partial charge on any atom is -0.491 e. The van der Waals surface area contributed by atoms with E-state index in [0.717, 1.165) is 17.4 Å². The van der Waals surface area contributed by atoms with Gasteiger partial charge >= 0.3 is 0 Å². The first-order valence-corrected chi connectivity index (χ1v) is 9.95. The molecule has 0 saturated heterocycles. The van der Waals surface area contributed by atoms with E-state index in [-0.39, 0.29) is 12.1 Å². The molecule has 158 valence electrons. The molecule has 4 saturated carbocycles. The summed E-state index contributed by atoms with van der Waals surface area (Å²) in [6.45, 7) is -0.853. The van der Waals surface area contributed by atoms with Crippen LogP contribution in [0.5, 0.6) is 5.75 Å². The molecule has 2 N–H and O–H groups in total. The van der Waals surface area contributed by atoms with Gasteiger partial charge in [0, 0.05) is 5.54 Å². The van der Waals surface area contributed by atoms with Crippen molar-refractivity contribution in [1.82, 2.24) is 0 Å². The molecule has 10 heteroatoms. The Morgan fingerprint density at radius 2 is 1.69 bits per heavy atom. The van der Waals surface area contributed by atoms with Crippen molar-refractivity contribution < 1.29 is 24.6 Å². The minimum atomic E-state index is -1.22. The van der Waals surface area contributed by atoms with Crippen LogP contribution in [-0.4, -0.2) is 29.5 Å². The van der Waals surface area contributed by atoms with Crippen molar-refractivity contribution >= 4 is 0 Å². The second-order valence-electron chi connectivity index (χ2n) is 8.55. The normalized spacial score (nSPS) is 33.1. The maximum atomic E-state index is 10.6. The van der Waals surface area contributed by atoms with Gasteiger partial charge < -0.3 is 20.1 Å². The van der Waals surface area contributed by atoms with Crippen molar-refractivity contribution in [3.63, 3.8) is 0 Å². The van der Waals surface area contributed by atoms with Gasteiger partial charge in [-0.3, -0.25) is 0 Å². The summed E-state index contributed by atoms with van der Waals surface area (Å²) in [4.78, 5) is 29.5. The molecular weight excluding hydrogens is 382 g/mol. The first kappa shape index (κ1) is 19.7. The Hall–Kier alpha value is -2.62. The highest BCUT2D eigenvalue weighted by Gasteiger charge is 2.56. The van der Waals surface area contributed by atoms with Gasteiger partial charge in [0.15, 0.2) is 6.10 Å². The van der Waals surface area contributed by atoms with E-state index >= 15 is 0 Å². The fourth-order valence-electron chi connectivity index (χ4n) is 5.85. The van der Waals surface area contributed by atoms with Gasteiger partial charge in [-0.25, -0.2) is 0 Å². The maximum Gasteiger partial charge on any atom is 0.294 e. The smallest absolute Gasteiger partial charge is 0.294 e. The molecule has 10 nitrogen and oxygen atoms in total. The van der Waals surface area contributed by atoms with E-state index in [4.69, 9.17) is 10.5 Å². The lowest BCUT2D eigenvalue weighted by Gasteiger charge is -2.60. The van der Waals surface area contributed by atoms with Gasteiger partial charge in [-0.15, -0.1) is 20.2 Å². The van der Waals surface area contributed by atoms with Gasteiger partial charge in [-0.1, -0.05) is 12.1 Å². The van der Waals surface area contributed by atoms with Gasteiger partial charge in [0.05, 0.1) is 0 Å². The number of hydrogen-bond acceptors (Lipinski definition) is 8. The molecule has 1 aromatic rings. The average Bonchev–Trinajstić information content (AvgIpc) is 2.67. The van der Waals surface area contributed by atoms with Crippen molar-refractivity contribution in [2.45, 2.75) is 43.7 Å². The summed E-state index contributed by atoms with van der Waals surface area (Å²) in [5.74, 6) is 3.03. The Kier molecular flexibility index (Phi) is 5.20. The van der Waals surface area contributed by atoms with Gasteiger partial charge in [-0.2, -0.15) is 0 Å². The summed E-state index contributed by atoms with van der Waals surface area (Å²) >= 11 is 0. The summed E-state index contributed by atoms with van der Waals surface area (Å²) in [6.07, 6.45) is 4.82. The first-order valence-electron chi connectivity index (χ1n) is 9.95. The van der Waals surface area contributed by atoms with Crippen molar-refractivity contribution in [2.24, 2.45) is 29.4 Å². The first-order chi connectivity index (χ1) is 13.8. The molecule has 4 aliphatic carbocycles. The predicted molar refractivity (Wildman–Crippen MR) is 99.7 cm³/mol. The lowest BCUT2D eigenvalue weighted by Crippen LogP contribution is -2.60. The lowest BCUT2D eigenvalue weighted by atomic mass is 9.47. The quantitative estimate of drug-likeness (QED) is 0.486. The van der Waals surface area contributed by atoms with E-state index in [9.17, 15) is 20.2 Å². The largest absolute Gasteiger partial charge is 0.491 e. The van der Waals surface area contributed by atoms with Crippen LogP contribution < -0.4 is 10.5 Å². The summed E-state index contributed by atoms with van der Waals surface area (Å²) in [6, 6.07) is 7.51. The molecule has 0 aromatic heterocycles. The molecule has 29 heavy (non-hydrogen) atoms. The Morgan fingerprint density at radius 3 is 2.28 bits per heavy atom. The molecule has 0 aliphatic heterocycles. The van der Waals surface area contributed by atoms with Crippen molar-refractivity contribution in [3.8, 4) is 5.75 Å². The van der Waals surface area contributed by atoms with Gasteiger partial charge in [0.25, 0.3) is 10.2 Å². The molecule has 4 aliphatic rings. The zero-order valence-corrected chi connectivity index (χ0v) is 16.0. The van der Waals surface area contributed by atoms with Crippen LogP contribution >= 0.6 is 0 Å². The molecule has 0 amide bonds. The molecule has 0 heterocycles. The fraction of sp³-hybridized carbons (Fsp3) is 0.684. The Morgan fingerprint density at radius 1 is 1.03 bits per heavy atom. The second kappa shape index (κ2) is 7.66. The topological polar surface area (TPSA) is 140 Å². The summed E-state index contributed by atoms with van der Waals surface area (Å²) in [5, 5.41) is 18.9. The Balaban J connectivity index is 1.46. The van der Waals surface area contributed by atoms with E-state index in [1.807, 2.05) is 18.2 Å². The summed E-state index contributed by atoms with van der Waals surface area (Å²) in [7, 11) is 0. The summed E-state index contributed by atoms with van der Waals surface area (Å²) in [5.41, 5.74) is 7.67. The van der Waals surface area contributed by atoms with Gasteiger partial charge in [0.1, 0.15) is 19.0 Å². The molecule has 1 unspecified atom stereocenters. The van der Waals surface area contributed by atoms with Crippen LogP contribution in [0.15, 0.2) is 24.3 Å². The van der Waals surface area contributed by atoms with Gasteiger partial charge in [0.2, 0.25) is 0 Å². The molecular formula is C19H25N3O7. The van der Waals surface area contributed by atoms with Crippen molar-refractivity contribution in [3.05, 3.63) is 50.1 Å². The number of nitrogens with two attached hydrogens (primary N) is 1. The fourth-order valence-corrected chi connectivity index (χ4v) is 5.85. The highest BCUT2D eigenvalue weighted by atomic mass is 17.0. The molecule has 4 bridgehead atoms. The van der Waals surface area contributed by atoms with Crippen molar-refractivity contribution in [1.29, 1.82) is 0 Å². The van der Waals surface area contributed by atoms with E-state index < -0.39 is 22.9 Å². The number of benzene rings is 1. The van der Waals surface area contributed by atoms with E-state index in [0.29, 0.717) is 17.6 Å². The van der Waals surface area contributed by atoms with E-state index in [2.05, 4.69) is 9.68 Å². The number of hydrogen-bond donors (Lipinski definition) is 1. The summed E-state index contributed by atoms with van der Waals surface area (Å²) < 4.78 is 5.64. The molecule has 1 aromatic carbocycles. The molecule has 0 radical (unpaired) electrons. The number of ether oxygens (including phenoxy) is 1. The predicted octanol–water partition coefficient (Wildman–Crippen LogP) is 2.46. The molecule has 5 rings (SSSR count). The minimum absolute atomic E-state index is 0.257. The van der Waals surface area contributed by atoms with Gasteiger partial charge in [-0.05, 0) is 73.5 Å². The monoisotopic (exact) mass is 407 g/mol. The van der Waals surface area contributed by atoms with Crippen LogP contribution in [0, 0.1) is 43.9 Å². The molecule has 4 fully saturated rings. The highest BCUT2D eigenvalue weighted by molar-refractivity contribution is 5.36. The second-order valence-corrected chi connectivity index (χ2v) is 8.55. The average molecular weight is 407 g/mol. The van der Waals surface area contributed by atoms with Crippen molar-refractivity contribution in [2.75, 3.05) is 13.2 Å². The van der Waals surface area contributed by atoms with Crippen LogP contribution in [0.4, 0.5) is 0 Å². The van der Waals surface area contributed by atoms with Crippen LogP contribution in [0.25, 0.3) is 0 Å². The van der Waals surface area contributed by atoms with Crippen LogP contribution in [-0.2, 0) is 15.2 Å². The van der Waals surface area contributed by atoms with E-state index in [1.165, 1.54) is 32.1 Å². The Labute approximate surface area is 167 Å². The third-order valence-corrected chi connectivity index (χ3v) is 6.86. The Bertz CT molecular complexity index is 759. The number of nitrogens with zero attached hydrogens (tertiary/aromatic N) is 2. The van der Waals surface area contributed by atoms with Crippen LogP contribution in [0.3, 0.4) is 0 Å². The van der Waals surface area contributed by atoms with Crippen LogP contribution in [0.2, 0.25) is 0 Å². The standard InChI is InChI=1S/C19H25N3O7/c20-19(15-5-12-4-13(7-15)8-16(19)6-12)14-2-1-3-17(9-14)27-10-18(29-22(25)26)11-28-21(23)24/h1-3,9,12-13,15-16,18H,4-8,10-11,20H2. The third kappa shape index (κ3) is 3.93. The van der Waals surface area contributed by atoms with Crippen LogP contribution in [0.1, 0.15) is 37.7 Å². The zero-order chi connectivity index (χ0) is 20.6. The number of rotatable bonds is 9. The zero-order valence-electron chi connectivity index (χ0n) is 16.0. The SMILES string of the molecule is NC1(c2cccc(OCC(CO[N+](=O)[O-])O[N+](=O)[O-])c2)C2CC3CC(C2)CC1C3. The third-order valence-electron chi connectivity index (χ3n) is 6.86. The maximum absolute atomic E-state index is 10.6. The molecule has 1 atom stereocenters. The molecule has 0 spiro atoms.